The molecule has 0 spiro atoms. The van der Waals surface area contributed by atoms with E-state index in [0.29, 0.717) is 21.9 Å². The van der Waals surface area contributed by atoms with Crippen molar-refractivity contribution in [3.63, 3.8) is 0 Å². The fourth-order valence-electron chi connectivity index (χ4n) is 3.74. The van der Waals surface area contributed by atoms with Gasteiger partial charge in [-0.2, -0.15) is 8.42 Å². The molecule has 0 saturated carbocycles. The van der Waals surface area contributed by atoms with Gasteiger partial charge < -0.3 is 4.42 Å². The zero-order chi connectivity index (χ0) is 25.7. The van der Waals surface area contributed by atoms with Crippen LogP contribution in [0.25, 0.3) is 21.9 Å². The van der Waals surface area contributed by atoms with Crippen LogP contribution in [-0.4, -0.2) is 27.3 Å². The van der Waals surface area contributed by atoms with E-state index in [0.717, 1.165) is 0 Å². The smallest absolute Gasteiger partial charge is 0.295 e. The molecule has 36 heavy (non-hydrogen) atoms. The second kappa shape index (κ2) is 8.70. The number of para-hydroxylation sites is 1. The summed E-state index contributed by atoms with van der Waals surface area (Å²) in [6.07, 6.45) is 1.56. The lowest BCUT2D eigenvalue weighted by molar-refractivity contribution is 0.0941. The van der Waals surface area contributed by atoms with Gasteiger partial charge in [0.25, 0.3) is 20.0 Å². The lowest BCUT2D eigenvalue weighted by atomic mass is 10.2. The summed E-state index contributed by atoms with van der Waals surface area (Å²) in [5, 5.41) is 0.999. The largest absolute Gasteiger partial charge is 0.443 e. The van der Waals surface area contributed by atoms with Crippen LogP contribution in [0.5, 0.6) is 0 Å². The average molecular weight is 544 g/mol. The second-order valence-electron chi connectivity index (χ2n) is 7.93. The number of halogens is 1. The van der Waals surface area contributed by atoms with Crippen LogP contribution >= 0.6 is 11.6 Å². The van der Waals surface area contributed by atoms with Crippen molar-refractivity contribution in [2.24, 2.45) is 0 Å². The van der Waals surface area contributed by atoms with Gasteiger partial charge in [-0.05, 0) is 48.5 Å². The van der Waals surface area contributed by atoms with Gasteiger partial charge in [0.15, 0.2) is 0 Å². The van der Waals surface area contributed by atoms with E-state index >= 15 is 0 Å². The molecule has 2 N–H and O–H groups in total. The lowest BCUT2D eigenvalue weighted by Gasteiger charge is -2.14. The van der Waals surface area contributed by atoms with Crippen LogP contribution in [-0.2, 0) is 20.0 Å². The highest BCUT2D eigenvalue weighted by Gasteiger charge is 2.23. The highest BCUT2D eigenvalue weighted by molar-refractivity contribution is 7.93. The van der Waals surface area contributed by atoms with Crippen LogP contribution in [0.1, 0.15) is 11.7 Å². The predicted octanol–water partition coefficient (Wildman–Crippen LogP) is 5.30. The number of sulfonamides is 2. The Morgan fingerprint density at radius 1 is 0.833 bits per heavy atom. The number of fused-ring (bicyclic) bond motifs is 2. The van der Waals surface area contributed by atoms with Crippen LogP contribution in [0.15, 0.2) is 93.4 Å². The van der Waals surface area contributed by atoms with Crippen molar-refractivity contribution in [3.8, 4) is 0 Å². The van der Waals surface area contributed by atoms with Gasteiger partial charge in [-0.1, -0.05) is 29.8 Å². The molecule has 0 unspecified atom stereocenters. The molecular weight excluding hydrogens is 526 g/mol. The first-order chi connectivity index (χ1) is 17.0. The third-order valence-electron chi connectivity index (χ3n) is 5.45. The van der Waals surface area contributed by atoms with E-state index in [4.69, 9.17) is 16.0 Å². The molecule has 0 aliphatic carbocycles. The maximum atomic E-state index is 13.2. The van der Waals surface area contributed by atoms with Gasteiger partial charge in [0.05, 0.1) is 21.8 Å². The Labute approximate surface area is 211 Å². The minimum absolute atomic E-state index is 0.0412. The first kappa shape index (κ1) is 23.9. The molecule has 0 bridgehead atoms. The van der Waals surface area contributed by atoms with Gasteiger partial charge in [-0.25, -0.2) is 8.42 Å². The quantitative estimate of drug-likeness (QED) is 0.299. The number of carbonyl (C=O) groups is 1. The van der Waals surface area contributed by atoms with Gasteiger partial charge in [-0.3, -0.25) is 18.8 Å². The molecule has 5 rings (SSSR count). The standard InChI is InChI=1S/C24H18ClN3O6S2/c1-15(29)28-11-10-16-12-19(7-9-22(16)28)35(30,31)26-20-8-6-18(25)14-21(20)27-36(32,33)24-13-17-4-2-3-5-23(17)34-24/h2-14,26-27H,1H3. The van der Waals surface area contributed by atoms with Crippen molar-refractivity contribution < 1.29 is 26.0 Å². The third-order valence-corrected chi connectivity index (χ3v) is 8.27. The van der Waals surface area contributed by atoms with Crippen molar-refractivity contribution in [2.75, 3.05) is 9.44 Å². The molecule has 2 aromatic heterocycles. The summed E-state index contributed by atoms with van der Waals surface area (Å²) in [5.74, 6) is -0.207. The van der Waals surface area contributed by atoms with Crippen molar-refractivity contribution in [2.45, 2.75) is 16.9 Å². The van der Waals surface area contributed by atoms with E-state index in [1.807, 2.05) is 0 Å². The van der Waals surface area contributed by atoms with Crippen LogP contribution in [0, 0.1) is 0 Å². The Kier molecular flexibility index (Phi) is 5.78. The maximum absolute atomic E-state index is 13.2. The Hall–Kier alpha value is -3.80. The summed E-state index contributed by atoms with van der Waals surface area (Å²) in [6, 6.07) is 18.2. The van der Waals surface area contributed by atoms with E-state index in [-0.39, 0.29) is 32.3 Å². The molecule has 0 saturated heterocycles. The first-order valence-corrected chi connectivity index (χ1v) is 13.8. The van der Waals surface area contributed by atoms with Crippen molar-refractivity contribution in [1.29, 1.82) is 0 Å². The molecule has 0 aliphatic rings. The summed E-state index contributed by atoms with van der Waals surface area (Å²) < 4.78 is 64.0. The third kappa shape index (κ3) is 4.43. The topological polar surface area (TPSA) is 127 Å². The van der Waals surface area contributed by atoms with Crippen molar-refractivity contribution in [1.82, 2.24) is 4.57 Å². The molecule has 9 nitrogen and oxygen atoms in total. The highest BCUT2D eigenvalue weighted by Crippen LogP contribution is 2.32. The summed E-state index contributed by atoms with van der Waals surface area (Å²) >= 11 is 6.07. The fourth-order valence-corrected chi connectivity index (χ4v) is 6.07. The number of carbonyl (C=O) groups excluding carboxylic acids is 1. The van der Waals surface area contributed by atoms with Gasteiger partial charge in [0.2, 0.25) is 11.0 Å². The Balaban J connectivity index is 1.48. The molecule has 0 atom stereocenters. The molecule has 0 radical (unpaired) electrons. The Morgan fingerprint density at radius 2 is 1.58 bits per heavy atom. The van der Waals surface area contributed by atoms with Crippen LogP contribution in [0.4, 0.5) is 11.4 Å². The molecule has 0 fully saturated rings. The number of hydrogen-bond donors (Lipinski definition) is 2. The molecule has 3 aromatic carbocycles. The molecule has 5 aromatic rings. The van der Waals surface area contributed by atoms with Gasteiger partial charge >= 0.3 is 0 Å². The lowest BCUT2D eigenvalue weighted by Crippen LogP contribution is -2.17. The summed E-state index contributed by atoms with van der Waals surface area (Å²) in [5.41, 5.74) is 0.821. The van der Waals surface area contributed by atoms with E-state index in [1.165, 1.54) is 54.0 Å². The van der Waals surface area contributed by atoms with E-state index in [9.17, 15) is 21.6 Å². The molecule has 0 amide bonds. The monoisotopic (exact) mass is 543 g/mol. The minimum atomic E-state index is -4.21. The van der Waals surface area contributed by atoms with Crippen LogP contribution in [0.3, 0.4) is 0 Å². The maximum Gasteiger partial charge on any atom is 0.295 e. The summed E-state index contributed by atoms with van der Waals surface area (Å²) in [4.78, 5) is 11.7. The van der Waals surface area contributed by atoms with E-state index < -0.39 is 20.0 Å². The number of anilines is 2. The van der Waals surface area contributed by atoms with Gasteiger partial charge in [0.1, 0.15) is 5.58 Å². The number of furan rings is 1. The van der Waals surface area contributed by atoms with E-state index in [2.05, 4.69) is 9.44 Å². The number of hydrogen-bond acceptors (Lipinski definition) is 6. The normalized spacial score (nSPS) is 12.2. The zero-order valence-corrected chi connectivity index (χ0v) is 21.0. The predicted molar refractivity (Wildman–Crippen MR) is 138 cm³/mol. The van der Waals surface area contributed by atoms with Gasteiger partial charge in [-0.15, -0.1) is 0 Å². The summed E-state index contributed by atoms with van der Waals surface area (Å²) in [7, 11) is -8.35. The van der Waals surface area contributed by atoms with Crippen LogP contribution < -0.4 is 9.44 Å². The number of rotatable bonds is 6. The average Bonchev–Trinajstić information content (AvgIpc) is 3.45. The fraction of sp³-hybridized carbons (Fsp3) is 0.0417. The number of aromatic nitrogens is 1. The molecule has 12 heteroatoms. The molecule has 0 aliphatic heterocycles. The number of benzene rings is 3. The molecular formula is C24H18ClN3O6S2. The number of nitrogens with one attached hydrogen (secondary N) is 2. The highest BCUT2D eigenvalue weighted by atomic mass is 35.5. The Morgan fingerprint density at radius 3 is 2.33 bits per heavy atom. The first-order valence-electron chi connectivity index (χ1n) is 10.5. The Bertz CT molecular complexity index is 1840. The summed E-state index contributed by atoms with van der Waals surface area (Å²) in [6.45, 7) is 1.40. The van der Waals surface area contributed by atoms with Crippen LogP contribution in [0.2, 0.25) is 5.02 Å². The zero-order valence-electron chi connectivity index (χ0n) is 18.6. The van der Waals surface area contributed by atoms with Gasteiger partial charge in [0, 0.05) is 35.0 Å². The van der Waals surface area contributed by atoms with Crippen molar-refractivity contribution >= 4 is 70.8 Å². The minimum Gasteiger partial charge on any atom is -0.443 e. The molecule has 2 heterocycles. The van der Waals surface area contributed by atoms with E-state index in [1.54, 1.807) is 36.5 Å². The number of nitrogens with zero attached hydrogens (tertiary/aromatic N) is 1. The molecule has 184 valence electrons. The SMILES string of the molecule is CC(=O)n1ccc2cc(S(=O)(=O)Nc3ccc(Cl)cc3NS(=O)(=O)c3cc4ccccc4o3)ccc21. The second-order valence-corrected chi connectivity index (χ2v) is 11.7. The van der Waals surface area contributed by atoms with Crippen molar-refractivity contribution in [3.05, 3.63) is 84.0 Å².